The van der Waals surface area contributed by atoms with Crippen molar-refractivity contribution >= 4 is 19.6 Å². The van der Waals surface area contributed by atoms with Gasteiger partial charge in [-0.2, -0.15) is 0 Å². The molecule has 1 saturated carbocycles. The molecule has 3 aliphatic carbocycles. The lowest BCUT2D eigenvalue weighted by atomic mass is 9.58. The van der Waals surface area contributed by atoms with Crippen molar-refractivity contribution in [2.75, 3.05) is 0 Å². The lowest BCUT2D eigenvalue weighted by molar-refractivity contribution is -0.153. The highest BCUT2D eigenvalue weighted by molar-refractivity contribution is 6.76. The predicted molar refractivity (Wildman–Crippen MR) is 77.6 cm³/mol. The van der Waals surface area contributed by atoms with Gasteiger partial charge in [-0.05, 0) is 25.3 Å². The van der Waals surface area contributed by atoms with Gasteiger partial charge in [0.1, 0.15) is 5.60 Å². The van der Waals surface area contributed by atoms with Crippen molar-refractivity contribution in [1.82, 2.24) is 0 Å². The van der Waals surface area contributed by atoms with Gasteiger partial charge >= 0.3 is 0 Å². The van der Waals surface area contributed by atoms with Gasteiger partial charge in [-0.1, -0.05) is 32.6 Å². The van der Waals surface area contributed by atoms with Crippen LogP contribution in [0.2, 0.25) is 25.7 Å². The van der Waals surface area contributed by atoms with Crippen LogP contribution in [0.25, 0.3) is 0 Å². The Morgan fingerprint density at radius 3 is 2.53 bits per heavy atom. The maximum Gasteiger partial charge on any atom is 0.172 e. The second-order valence-electron chi connectivity index (χ2n) is 7.50. The van der Waals surface area contributed by atoms with Gasteiger partial charge in [0.2, 0.25) is 0 Å². The Morgan fingerprint density at radius 1 is 1.47 bits per heavy atom. The third kappa shape index (κ3) is 2.36. The Kier molecular flexibility index (Phi) is 3.38. The van der Waals surface area contributed by atoms with Gasteiger partial charge in [0, 0.05) is 25.5 Å². The number of hydrogen-bond donors (Lipinski definition) is 1. The van der Waals surface area contributed by atoms with E-state index in [1.807, 2.05) is 6.08 Å². The van der Waals surface area contributed by atoms with E-state index < -0.39 is 13.7 Å². The fourth-order valence-electron chi connectivity index (χ4n) is 3.82. The fraction of sp³-hybridized carbons (Fsp3) is 0.733. The average Bonchev–Trinajstić information content (AvgIpc) is 2.22. The third-order valence-electron chi connectivity index (χ3n) is 4.46. The molecule has 0 amide bonds. The first-order valence-electron chi connectivity index (χ1n) is 7.05. The van der Waals surface area contributed by atoms with Crippen molar-refractivity contribution in [2.24, 2.45) is 17.8 Å². The molecule has 4 heteroatoms. The van der Waals surface area contributed by atoms with Gasteiger partial charge in [0.25, 0.3) is 0 Å². The molecule has 0 heterocycles. The van der Waals surface area contributed by atoms with Crippen molar-refractivity contribution in [3.05, 3.63) is 11.6 Å². The molecule has 3 rings (SSSR count). The van der Waals surface area contributed by atoms with Crippen LogP contribution in [0.1, 0.15) is 20.3 Å². The van der Waals surface area contributed by atoms with Gasteiger partial charge in [0.15, 0.2) is 11.6 Å². The molecule has 0 spiro atoms. The van der Waals surface area contributed by atoms with E-state index in [1.165, 1.54) is 6.92 Å². The van der Waals surface area contributed by atoms with Gasteiger partial charge in [-0.3, -0.25) is 9.59 Å². The van der Waals surface area contributed by atoms with E-state index >= 15 is 0 Å². The van der Waals surface area contributed by atoms with Gasteiger partial charge < -0.3 is 5.11 Å². The first kappa shape index (κ1) is 14.7. The lowest BCUT2D eigenvalue weighted by Crippen LogP contribution is -2.60. The Labute approximate surface area is 116 Å². The number of ketones is 2. The Morgan fingerprint density at radius 2 is 2.05 bits per heavy atom. The second-order valence-corrected chi connectivity index (χ2v) is 13.0. The van der Waals surface area contributed by atoms with Crippen LogP contribution in [0.3, 0.4) is 0 Å². The smallest absolute Gasteiger partial charge is 0.172 e. The summed E-state index contributed by atoms with van der Waals surface area (Å²) in [6.07, 6.45) is 2.60. The van der Waals surface area contributed by atoms with E-state index in [9.17, 15) is 14.7 Å². The summed E-state index contributed by atoms with van der Waals surface area (Å²) in [5, 5.41) is 11.0. The van der Waals surface area contributed by atoms with Gasteiger partial charge in [-0.15, -0.1) is 0 Å². The molecule has 4 atom stereocenters. The topological polar surface area (TPSA) is 54.4 Å². The number of Topliss-reactive ketones (excluding diaryl/α,β-unsaturated/α-hetero) is 2. The molecule has 3 nitrogen and oxygen atoms in total. The summed E-state index contributed by atoms with van der Waals surface area (Å²) in [6, 6.07) is 0.589. The Balaban J connectivity index is 2.45. The van der Waals surface area contributed by atoms with E-state index in [1.54, 1.807) is 0 Å². The molecule has 19 heavy (non-hydrogen) atoms. The van der Waals surface area contributed by atoms with Crippen LogP contribution in [-0.2, 0) is 9.59 Å². The first-order chi connectivity index (χ1) is 8.56. The molecule has 1 N–H and O–H groups in total. The highest BCUT2D eigenvalue weighted by Gasteiger charge is 2.57. The quantitative estimate of drug-likeness (QED) is 0.808. The normalized spacial score (nSPS) is 38.3. The summed E-state index contributed by atoms with van der Waals surface area (Å²) in [5.41, 5.74) is -0.598. The van der Waals surface area contributed by atoms with Crippen LogP contribution in [0.5, 0.6) is 0 Å². The minimum Gasteiger partial charge on any atom is -0.382 e. The molecule has 0 saturated heterocycles. The number of aliphatic hydroxyl groups is 1. The molecule has 2 bridgehead atoms. The zero-order chi connectivity index (χ0) is 14.6. The maximum absolute atomic E-state index is 12.6. The average molecular weight is 280 g/mol. The third-order valence-corrected chi connectivity index (χ3v) is 6.06. The van der Waals surface area contributed by atoms with E-state index in [0.29, 0.717) is 18.0 Å². The number of hydrogen-bond acceptors (Lipinski definition) is 3. The lowest BCUT2D eigenvalue weighted by Gasteiger charge is -2.50. The summed E-state index contributed by atoms with van der Waals surface area (Å²) in [5.74, 6) is -0.419. The summed E-state index contributed by atoms with van der Waals surface area (Å²) in [7, 11) is -1.56. The van der Waals surface area contributed by atoms with Crippen LogP contribution < -0.4 is 0 Å². The monoisotopic (exact) mass is 280 g/mol. The zero-order valence-corrected chi connectivity index (χ0v) is 13.5. The van der Waals surface area contributed by atoms with E-state index in [-0.39, 0.29) is 29.3 Å². The Bertz CT molecular complexity index is 461. The highest BCUT2D eigenvalue weighted by atomic mass is 28.3. The minimum absolute atomic E-state index is 0.0229. The second kappa shape index (κ2) is 4.38. The molecule has 0 radical (unpaired) electrons. The molecule has 0 aliphatic heterocycles. The van der Waals surface area contributed by atoms with Crippen molar-refractivity contribution in [3.63, 3.8) is 0 Å². The van der Waals surface area contributed by atoms with Crippen LogP contribution >= 0.6 is 0 Å². The van der Waals surface area contributed by atoms with Crippen LogP contribution in [0.4, 0.5) is 0 Å². The molecular weight excluding hydrogens is 256 g/mol. The van der Waals surface area contributed by atoms with E-state index in [4.69, 9.17) is 0 Å². The summed E-state index contributed by atoms with van der Waals surface area (Å²) >= 11 is 0. The number of carbonyl (C=O) groups excluding carboxylic acids is 2. The van der Waals surface area contributed by atoms with Crippen LogP contribution in [0, 0.1) is 17.8 Å². The van der Waals surface area contributed by atoms with E-state index in [2.05, 4.69) is 26.6 Å². The molecule has 0 aromatic rings. The number of rotatable bonds is 3. The summed E-state index contributed by atoms with van der Waals surface area (Å²) < 4.78 is 0. The molecule has 0 aromatic carbocycles. The number of carbonyl (C=O) groups is 2. The van der Waals surface area contributed by atoms with Gasteiger partial charge in [-0.25, -0.2) is 0 Å². The van der Waals surface area contributed by atoms with E-state index in [0.717, 1.165) is 0 Å². The van der Waals surface area contributed by atoms with Crippen LogP contribution in [0.15, 0.2) is 11.6 Å². The summed E-state index contributed by atoms with van der Waals surface area (Å²) in [6.45, 7) is 10.1. The maximum atomic E-state index is 12.6. The van der Waals surface area contributed by atoms with Crippen molar-refractivity contribution in [1.29, 1.82) is 0 Å². The molecule has 106 valence electrons. The zero-order valence-electron chi connectivity index (χ0n) is 12.5. The fourth-order valence-corrected chi connectivity index (χ4v) is 5.85. The summed E-state index contributed by atoms with van der Waals surface area (Å²) in [4.78, 5) is 24.3. The van der Waals surface area contributed by atoms with Crippen molar-refractivity contribution in [3.8, 4) is 0 Å². The first-order valence-corrected chi connectivity index (χ1v) is 10.8. The highest BCUT2D eigenvalue weighted by Crippen LogP contribution is 2.50. The molecule has 3 aliphatic rings. The minimum atomic E-state index is -1.56. The molecular formula is C15H24O3Si. The predicted octanol–water partition coefficient (Wildman–Crippen LogP) is 2.43. The van der Waals surface area contributed by atoms with Crippen LogP contribution in [-0.4, -0.2) is 30.3 Å². The van der Waals surface area contributed by atoms with Gasteiger partial charge in [0.05, 0.1) is 0 Å². The SMILES string of the molecule is CC(=O)C1=CC2C(C)CC1C(=O)C2(O)C[Si](C)(C)C. The number of fused-ring (bicyclic) bond motifs is 2. The standard InChI is InChI=1S/C15H24O3Si/c1-9-6-12-11(10(2)16)7-13(9)15(18,14(12)17)8-19(3,4)5/h7,9,12-13,18H,6,8H2,1-5H3. The molecule has 0 aromatic heterocycles. The largest absolute Gasteiger partial charge is 0.382 e. The number of allylic oxidation sites excluding steroid dienone is 1. The molecule has 1 fully saturated rings. The van der Waals surface area contributed by atoms with Crippen molar-refractivity contribution in [2.45, 2.75) is 51.6 Å². The van der Waals surface area contributed by atoms with Crippen molar-refractivity contribution < 1.29 is 14.7 Å². The molecule has 4 unspecified atom stereocenters. The Hall–Kier alpha value is -0.743.